The molecule has 0 spiro atoms. The molecule has 3 amide bonds. The number of hydrogen-bond acceptors (Lipinski definition) is 6. The number of rotatable bonds is 8. The Balaban J connectivity index is 1.63. The molecule has 1 heterocycles. The van der Waals surface area contributed by atoms with Gasteiger partial charge in [0.2, 0.25) is 11.8 Å². The second-order valence-corrected chi connectivity index (χ2v) is 6.94. The third-order valence-electron chi connectivity index (χ3n) is 3.58. The molecule has 150 valence electrons. The van der Waals surface area contributed by atoms with Crippen molar-refractivity contribution in [1.29, 1.82) is 0 Å². The van der Waals surface area contributed by atoms with E-state index in [9.17, 15) is 14.4 Å². The normalized spacial score (nSPS) is 10.2. The van der Waals surface area contributed by atoms with E-state index in [1.165, 1.54) is 0 Å². The van der Waals surface area contributed by atoms with E-state index in [0.717, 1.165) is 23.1 Å². The number of aryl methyl sites for hydroxylation is 2. The van der Waals surface area contributed by atoms with E-state index in [0.29, 0.717) is 11.4 Å². The fourth-order valence-corrected chi connectivity index (χ4v) is 2.91. The van der Waals surface area contributed by atoms with Crippen LogP contribution in [0.1, 0.15) is 11.4 Å². The largest absolute Gasteiger partial charge is 0.497 e. The van der Waals surface area contributed by atoms with Crippen molar-refractivity contribution >= 4 is 35.2 Å². The van der Waals surface area contributed by atoms with Gasteiger partial charge in [-0.25, -0.2) is 0 Å². The Kier molecular flexibility index (Phi) is 7.88. The van der Waals surface area contributed by atoms with Gasteiger partial charge in [-0.2, -0.15) is 5.10 Å². The lowest BCUT2D eigenvalue weighted by Crippen LogP contribution is -2.44. The maximum Gasteiger partial charge on any atom is 0.260 e. The van der Waals surface area contributed by atoms with Crippen LogP contribution in [0.15, 0.2) is 30.3 Å². The number of amides is 3. The summed E-state index contributed by atoms with van der Waals surface area (Å²) in [5.41, 5.74) is 6.97. The highest BCUT2D eigenvalue weighted by Gasteiger charge is 2.10. The molecule has 0 unspecified atom stereocenters. The van der Waals surface area contributed by atoms with Crippen LogP contribution in [0, 0.1) is 13.8 Å². The summed E-state index contributed by atoms with van der Waals surface area (Å²) in [6.07, 6.45) is 0. The van der Waals surface area contributed by atoms with Crippen LogP contribution in [0.2, 0.25) is 0 Å². The predicted octanol–water partition coefficient (Wildman–Crippen LogP) is 1.03. The second-order valence-electron chi connectivity index (χ2n) is 5.95. The first-order valence-electron chi connectivity index (χ1n) is 8.47. The number of ether oxygens (including phenoxy) is 1. The maximum absolute atomic E-state index is 11.9. The number of hydrogen-bond donors (Lipinski definition) is 3. The summed E-state index contributed by atoms with van der Waals surface area (Å²) >= 11 is 1.14. The van der Waals surface area contributed by atoms with E-state index in [2.05, 4.69) is 21.3 Å². The molecule has 0 radical (unpaired) electrons. The van der Waals surface area contributed by atoms with Gasteiger partial charge in [0.25, 0.3) is 5.91 Å². The molecule has 0 fully saturated rings. The molecular formula is C18H23N5O4S. The molecule has 9 nitrogen and oxygen atoms in total. The Morgan fingerprint density at radius 1 is 1.04 bits per heavy atom. The van der Waals surface area contributed by atoms with Crippen LogP contribution in [-0.2, 0) is 20.9 Å². The van der Waals surface area contributed by atoms with Gasteiger partial charge in [-0.15, -0.1) is 11.8 Å². The molecule has 0 bridgehead atoms. The smallest absolute Gasteiger partial charge is 0.260 e. The number of nitrogens with zero attached hydrogens (tertiary/aromatic N) is 2. The highest BCUT2D eigenvalue weighted by Crippen LogP contribution is 2.15. The Morgan fingerprint density at radius 2 is 1.68 bits per heavy atom. The molecule has 1 aromatic heterocycles. The number of carbonyl (C=O) groups is 3. The lowest BCUT2D eigenvalue weighted by atomic mass is 10.3. The molecular weight excluding hydrogens is 382 g/mol. The number of methoxy groups -OCH3 is 1. The Morgan fingerprint density at radius 3 is 2.29 bits per heavy atom. The number of benzene rings is 1. The third-order valence-corrected chi connectivity index (χ3v) is 4.51. The number of hydrazine groups is 1. The fraction of sp³-hybridized carbons (Fsp3) is 0.333. The van der Waals surface area contributed by atoms with Gasteiger partial charge < -0.3 is 10.1 Å². The van der Waals surface area contributed by atoms with Gasteiger partial charge in [-0.1, -0.05) is 0 Å². The van der Waals surface area contributed by atoms with Crippen LogP contribution < -0.4 is 20.9 Å². The van der Waals surface area contributed by atoms with Gasteiger partial charge in [-0.3, -0.25) is 29.9 Å². The van der Waals surface area contributed by atoms with E-state index < -0.39 is 5.91 Å². The average Bonchev–Trinajstić information content (AvgIpc) is 2.97. The van der Waals surface area contributed by atoms with Crippen molar-refractivity contribution in [3.63, 3.8) is 0 Å². The van der Waals surface area contributed by atoms with Gasteiger partial charge in [0.05, 0.1) is 24.3 Å². The monoisotopic (exact) mass is 405 g/mol. The Labute approximate surface area is 167 Å². The summed E-state index contributed by atoms with van der Waals surface area (Å²) in [6, 6.07) is 8.80. The van der Waals surface area contributed by atoms with E-state index in [1.54, 1.807) is 36.1 Å². The molecule has 0 aliphatic heterocycles. The van der Waals surface area contributed by atoms with Crippen molar-refractivity contribution in [2.45, 2.75) is 20.4 Å². The molecule has 0 aliphatic rings. The summed E-state index contributed by atoms with van der Waals surface area (Å²) in [5.74, 6) is -0.165. The van der Waals surface area contributed by atoms with Crippen LogP contribution in [0.25, 0.3) is 0 Å². The van der Waals surface area contributed by atoms with E-state index >= 15 is 0 Å². The molecule has 10 heteroatoms. The molecule has 0 atom stereocenters. The second kappa shape index (κ2) is 10.4. The van der Waals surface area contributed by atoms with Gasteiger partial charge in [0.15, 0.2) is 0 Å². The molecule has 28 heavy (non-hydrogen) atoms. The van der Waals surface area contributed by atoms with E-state index in [-0.39, 0.29) is 29.9 Å². The highest BCUT2D eigenvalue weighted by molar-refractivity contribution is 8.00. The summed E-state index contributed by atoms with van der Waals surface area (Å²) < 4.78 is 6.60. The molecule has 0 saturated carbocycles. The van der Waals surface area contributed by atoms with Crippen molar-refractivity contribution in [3.05, 3.63) is 41.7 Å². The van der Waals surface area contributed by atoms with Crippen LogP contribution in [0.4, 0.5) is 5.69 Å². The summed E-state index contributed by atoms with van der Waals surface area (Å²) in [6.45, 7) is 3.70. The average molecular weight is 405 g/mol. The molecule has 3 N–H and O–H groups in total. The van der Waals surface area contributed by atoms with Crippen molar-refractivity contribution in [2.24, 2.45) is 0 Å². The number of anilines is 1. The maximum atomic E-state index is 11.9. The van der Waals surface area contributed by atoms with Crippen LogP contribution in [-0.4, -0.2) is 46.1 Å². The number of thioether (sulfide) groups is 1. The van der Waals surface area contributed by atoms with Gasteiger partial charge in [0, 0.05) is 11.4 Å². The van der Waals surface area contributed by atoms with Crippen LogP contribution >= 0.6 is 11.8 Å². The van der Waals surface area contributed by atoms with Crippen molar-refractivity contribution in [3.8, 4) is 5.75 Å². The lowest BCUT2D eigenvalue weighted by Gasteiger charge is -2.09. The number of aromatic nitrogens is 2. The summed E-state index contributed by atoms with van der Waals surface area (Å²) in [4.78, 5) is 35.5. The first-order valence-corrected chi connectivity index (χ1v) is 9.63. The minimum Gasteiger partial charge on any atom is -0.497 e. The van der Waals surface area contributed by atoms with Crippen LogP contribution in [0.5, 0.6) is 5.75 Å². The van der Waals surface area contributed by atoms with E-state index in [1.807, 2.05) is 19.9 Å². The zero-order valence-corrected chi connectivity index (χ0v) is 16.8. The molecule has 1 aromatic carbocycles. The fourth-order valence-electron chi connectivity index (χ4n) is 2.29. The van der Waals surface area contributed by atoms with Gasteiger partial charge in [-0.05, 0) is 44.2 Å². The third kappa shape index (κ3) is 6.95. The molecule has 2 rings (SSSR count). The van der Waals surface area contributed by atoms with Crippen molar-refractivity contribution in [1.82, 2.24) is 20.6 Å². The molecule has 0 saturated heterocycles. The zero-order valence-electron chi connectivity index (χ0n) is 15.9. The topological polar surface area (TPSA) is 114 Å². The van der Waals surface area contributed by atoms with Crippen LogP contribution in [0.3, 0.4) is 0 Å². The number of carbonyl (C=O) groups excluding carboxylic acids is 3. The first kappa shape index (κ1) is 21.3. The van der Waals surface area contributed by atoms with Gasteiger partial charge in [0.1, 0.15) is 12.3 Å². The molecule has 2 aromatic rings. The quantitative estimate of drug-likeness (QED) is 0.565. The Bertz CT molecular complexity index is 835. The first-order chi connectivity index (χ1) is 13.4. The Hall–Kier alpha value is -3.01. The lowest BCUT2D eigenvalue weighted by molar-refractivity contribution is -0.128. The molecule has 0 aliphatic carbocycles. The standard InChI is InChI=1S/C18H23N5O4S/c1-12-8-13(2)23(22-12)9-16(24)20-21-18(26)11-28-10-17(25)19-14-4-6-15(27-3)7-5-14/h4-8H,9-11H2,1-3H3,(H,19,25)(H,20,24)(H,21,26). The van der Waals surface area contributed by atoms with Crippen molar-refractivity contribution < 1.29 is 19.1 Å². The van der Waals surface area contributed by atoms with E-state index in [4.69, 9.17) is 4.74 Å². The highest BCUT2D eigenvalue weighted by atomic mass is 32.2. The minimum atomic E-state index is -0.399. The minimum absolute atomic E-state index is 0.0113. The van der Waals surface area contributed by atoms with Crippen molar-refractivity contribution in [2.75, 3.05) is 23.9 Å². The number of nitrogens with one attached hydrogen (secondary N) is 3. The predicted molar refractivity (Wildman–Crippen MR) is 107 cm³/mol. The zero-order chi connectivity index (χ0) is 20.5. The summed E-state index contributed by atoms with van der Waals surface area (Å²) in [5, 5.41) is 6.90. The SMILES string of the molecule is COc1ccc(NC(=O)CSCC(=O)NNC(=O)Cn2nc(C)cc2C)cc1. The van der Waals surface area contributed by atoms with Gasteiger partial charge >= 0.3 is 0 Å². The summed E-state index contributed by atoms with van der Waals surface area (Å²) in [7, 11) is 1.57.